The largest absolute Gasteiger partial charge is 0.304 e. The Labute approximate surface area is 88.7 Å². The van der Waals surface area contributed by atoms with Crippen LogP contribution in [0.25, 0.3) is 0 Å². The van der Waals surface area contributed by atoms with E-state index in [1.807, 2.05) is 0 Å². The maximum absolute atomic E-state index is 11.4. The number of rotatable bonds is 8. The van der Waals surface area contributed by atoms with Gasteiger partial charge in [-0.3, -0.25) is 4.79 Å². The van der Waals surface area contributed by atoms with Crippen molar-refractivity contribution in [2.24, 2.45) is 5.92 Å². The van der Waals surface area contributed by atoms with Crippen molar-refractivity contribution in [3.05, 3.63) is 0 Å². The molecule has 0 aromatic carbocycles. The fourth-order valence-corrected chi connectivity index (χ4v) is 1.76. The van der Waals surface area contributed by atoms with Crippen LogP contribution in [0.5, 0.6) is 0 Å². The first-order chi connectivity index (χ1) is 6.63. The van der Waals surface area contributed by atoms with Gasteiger partial charge in [0.05, 0.1) is 0 Å². The van der Waals surface area contributed by atoms with E-state index in [0.717, 1.165) is 38.9 Å². The molecule has 0 aliphatic heterocycles. The van der Waals surface area contributed by atoms with Crippen LogP contribution in [-0.2, 0) is 4.79 Å². The molecule has 0 aliphatic rings. The van der Waals surface area contributed by atoms with Crippen molar-refractivity contribution in [2.75, 3.05) is 19.6 Å². The molecule has 0 saturated carbocycles. The average Bonchev–Trinajstić information content (AvgIpc) is 2.14. The Morgan fingerprint density at radius 2 is 1.79 bits per heavy atom. The van der Waals surface area contributed by atoms with Gasteiger partial charge in [0, 0.05) is 19.4 Å². The first-order valence-electron chi connectivity index (χ1n) is 5.88. The van der Waals surface area contributed by atoms with Gasteiger partial charge in [-0.25, -0.2) is 0 Å². The molecule has 1 unspecified atom stereocenters. The zero-order chi connectivity index (χ0) is 11.0. The van der Waals surface area contributed by atoms with Gasteiger partial charge >= 0.3 is 0 Å². The lowest BCUT2D eigenvalue weighted by atomic mass is 10.0. The molecule has 0 aliphatic carbocycles. The van der Waals surface area contributed by atoms with Gasteiger partial charge in [-0.15, -0.1) is 0 Å². The van der Waals surface area contributed by atoms with Crippen LogP contribution in [0.15, 0.2) is 0 Å². The summed E-state index contributed by atoms with van der Waals surface area (Å²) in [6.07, 6.45) is 2.49. The van der Waals surface area contributed by atoms with Crippen LogP contribution in [0.4, 0.5) is 0 Å². The second-order valence-electron chi connectivity index (χ2n) is 4.08. The summed E-state index contributed by atoms with van der Waals surface area (Å²) < 4.78 is 0. The fraction of sp³-hybridized carbons (Fsp3) is 0.917. The summed E-state index contributed by atoms with van der Waals surface area (Å²) in [7, 11) is 0. The maximum Gasteiger partial charge on any atom is 0.133 e. The molecule has 0 radical (unpaired) electrons. The molecule has 0 amide bonds. The Hall–Kier alpha value is -0.370. The maximum atomic E-state index is 11.4. The van der Waals surface area contributed by atoms with Crippen molar-refractivity contribution in [3.63, 3.8) is 0 Å². The molecular formula is C12H25NO. The Balaban J connectivity index is 3.72. The summed E-state index contributed by atoms with van der Waals surface area (Å²) in [4.78, 5) is 13.8. The van der Waals surface area contributed by atoms with Crippen molar-refractivity contribution in [1.29, 1.82) is 0 Å². The van der Waals surface area contributed by atoms with Crippen molar-refractivity contribution < 1.29 is 4.79 Å². The van der Waals surface area contributed by atoms with Crippen molar-refractivity contribution in [2.45, 2.75) is 47.0 Å². The molecule has 1 atom stereocenters. The Morgan fingerprint density at radius 3 is 2.21 bits per heavy atom. The van der Waals surface area contributed by atoms with E-state index in [1.165, 1.54) is 0 Å². The van der Waals surface area contributed by atoms with E-state index >= 15 is 0 Å². The molecule has 0 rings (SSSR count). The average molecular weight is 199 g/mol. The van der Waals surface area contributed by atoms with Crippen molar-refractivity contribution in [3.8, 4) is 0 Å². The van der Waals surface area contributed by atoms with Crippen LogP contribution in [-0.4, -0.2) is 30.3 Å². The summed E-state index contributed by atoms with van der Waals surface area (Å²) in [5.74, 6) is 0.932. The zero-order valence-corrected chi connectivity index (χ0v) is 10.2. The molecule has 0 aromatic rings. The molecule has 84 valence electrons. The zero-order valence-electron chi connectivity index (χ0n) is 10.2. The molecule has 0 heterocycles. The second kappa shape index (κ2) is 7.98. The first-order valence-corrected chi connectivity index (χ1v) is 5.88. The van der Waals surface area contributed by atoms with E-state index in [9.17, 15) is 4.79 Å². The highest BCUT2D eigenvalue weighted by molar-refractivity contribution is 5.78. The standard InChI is InChI=1S/C12H25NO/c1-5-8-12(14)9-11(4)10-13(6-2)7-3/h11H,5-10H2,1-4H3. The van der Waals surface area contributed by atoms with Gasteiger partial charge in [0.15, 0.2) is 0 Å². The monoisotopic (exact) mass is 199 g/mol. The molecule has 14 heavy (non-hydrogen) atoms. The van der Waals surface area contributed by atoms with Crippen LogP contribution in [0.1, 0.15) is 47.0 Å². The molecule has 0 saturated heterocycles. The smallest absolute Gasteiger partial charge is 0.133 e. The SMILES string of the molecule is CCCC(=O)CC(C)CN(CC)CC. The van der Waals surface area contributed by atoms with E-state index in [2.05, 4.69) is 32.6 Å². The Morgan fingerprint density at radius 1 is 1.21 bits per heavy atom. The van der Waals surface area contributed by atoms with E-state index in [1.54, 1.807) is 0 Å². The van der Waals surface area contributed by atoms with Gasteiger partial charge in [-0.2, -0.15) is 0 Å². The molecule has 0 fully saturated rings. The first kappa shape index (κ1) is 13.6. The third-order valence-corrected chi connectivity index (χ3v) is 2.57. The molecule has 2 heteroatoms. The van der Waals surface area contributed by atoms with Gasteiger partial charge < -0.3 is 4.90 Å². The van der Waals surface area contributed by atoms with Crippen LogP contribution in [0, 0.1) is 5.92 Å². The number of carbonyl (C=O) groups is 1. The summed E-state index contributed by atoms with van der Waals surface area (Å²) in [5, 5.41) is 0. The lowest BCUT2D eigenvalue weighted by molar-refractivity contribution is -0.120. The summed E-state index contributed by atoms with van der Waals surface area (Å²) in [6, 6.07) is 0. The van der Waals surface area contributed by atoms with Gasteiger partial charge in [0.1, 0.15) is 5.78 Å². The minimum absolute atomic E-state index is 0.423. The number of Topliss-reactive ketones (excluding diaryl/α,β-unsaturated/α-hetero) is 1. The second-order valence-corrected chi connectivity index (χ2v) is 4.08. The molecule has 0 spiro atoms. The van der Waals surface area contributed by atoms with E-state index < -0.39 is 0 Å². The third kappa shape index (κ3) is 6.14. The quantitative estimate of drug-likeness (QED) is 0.599. The van der Waals surface area contributed by atoms with Gasteiger partial charge in [0.25, 0.3) is 0 Å². The molecule has 0 bridgehead atoms. The van der Waals surface area contributed by atoms with Gasteiger partial charge in [-0.05, 0) is 25.4 Å². The number of carbonyl (C=O) groups excluding carboxylic acids is 1. The number of nitrogens with zero attached hydrogens (tertiary/aromatic N) is 1. The van der Waals surface area contributed by atoms with Gasteiger partial charge in [0.2, 0.25) is 0 Å². The number of hydrogen-bond acceptors (Lipinski definition) is 2. The van der Waals surface area contributed by atoms with E-state index in [0.29, 0.717) is 11.7 Å². The topological polar surface area (TPSA) is 20.3 Å². The molecular weight excluding hydrogens is 174 g/mol. The van der Waals surface area contributed by atoms with Crippen LogP contribution in [0.2, 0.25) is 0 Å². The highest BCUT2D eigenvalue weighted by Gasteiger charge is 2.10. The van der Waals surface area contributed by atoms with E-state index in [-0.39, 0.29) is 0 Å². The predicted octanol–water partition coefficient (Wildman–Crippen LogP) is 2.72. The predicted molar refractivity (Wildman–Crippen MR) is 61.5 cm³/mol. The minimum Gasteiger partial charge on any atom is -0.304 e. The summed E-state index contributed by atoms with van der Waals surface area (Å²) in [6.45, 7) is 11.8. The minimum atomic E-state index is 0.423. The lowest BCUT2D eigenvalue weighted by Gasteiger charge is -2.22. The van der Waals surface area contributed by atoms with Crippen molar-refractivity contribution >= 4 is 5.78 Å². The number of hydrogen-bond donors (Lipinski definition) is 0. The molecule has 0 N–H and O–H groups in total. The molecule has 2 nitrogen and oxygen atoms in total. The van der Waals surface area contributed by atoms with Crippen molar-refractivity contribution in [1.82, 2.24) is 4.90 Å². The number of ketones is 1. The lowest BCUT2D eigenvalue weighted by Crippen LogP contribution is -2.29. The highest BCUT2D eigenvalue weighted by atomic mass is 16.1. The third-order valence-electron chi connectivity index (χ3n) is 2.57. The summed E-state index contributed by atoms with van der Waals surface area (Å²) in [5.41, 5.74) is 0. The normalized spacial score (nSPS) is 13.2. The van der Waals surface area contributed by atoms with E-state index in [4.69, 9.17) is 0 Å². The molecule has 0 aromatic heterocycles. The fourth-order valence-electron chi connectivity index (χ4n) is 1.76. The van der Waals surface area contributed by atoms with Crippen LogP contribution >= 0.6 is 0 Å². The highest BCUT2D eigenvalue weighted by Crippen LogP contribution is 2.08. The van der Waals surface area contributed by atoms with Crippen LogP contribution in [0.3, 0.4) is 0 Å². The Kier molecular flexibility index (Phi) is 7.77. The Bertz CT molecular complexity index is 152. The summed E-state index contributed by atoms with van der Waals surface area (Å²) >= 11 is 0. The van der Waals surface area contributed by atoms with Crippen LogP contribution < -0.4 is 0 Å². The van der Waals surface area contributed by atoms with Gasteiger partial charge in [-0.1, -0.05) is 27.7 Å².